The maximum Gasteiger partial charge on any atom is 0.306 e. The first-order valence-corrected chi connectivity index (χ1v) is 24.0. The van der Waals surface area contributed by atoms with E-state index in [0.717, 1.165) is 57.8 Å². The highest BCUT2D eigenvalue weighted by molar-refractivity contribution is 5.71. The summed E-state index contributed by atoms with van der Waals surface area (Å²) in [5.41, 5.74) is 0. The van der Waals surface area contributed by atoms with Crippen molar-refractivity contribution in [2.75, 3.05) is 13.2 Å². The summed E-state index contributed by atoms with van der Waals surface area (Å²) in [6.07, 6.45) is 57.5. The lowest BCUT2D eigenvalue weighted by Gasteiger charge is -2.18. The monoisotopic (exact) mass is 809 g/mol. The molecule has 58 heavy (non-hydrogen) atoms. The van der Waals surface area contributed by atoms with Crippen LogP contribution >= 0.6 is 0 Å². The van der Waals surface area contributed by atoms with Crippen molar-refractivity contribution in [3.05, 3.63) is 72.9 Å². The van der Waals surface area contributed by atoms with Crippen molar-refractivity contribution in [2.24, 2.45) is 0 Å². The van der Waals surface area contributed by atoms with Gasteiger partial charge in [-0.15, -0.1) is 0 Å². The van der Waals surface area contributed by atoms with Crippen LogP contribution in [-0.4, -0.2) is 37.2 Å². The van der Waals surface area contributed by atoms with Crippen LogP contribution in [0.5, 0.6) is 0 Å². The van der Waals surface area contributed by atoms with Gasteiger partial charge in [-0.05, 0) is 57.8 Å². The van der Waals surface area contributed by atoms with E-state index in [4.69, 9.17) is 14.2 Å². The second kappa shape index (κ2) is 46.5. The van der Waals surface area contributed by atoms with Crippen LogP contribution in [0.4, 0.5) is 0 Å². The zero-order valence-electron chi connectivity index (χ0n) is 37.8. The van der Waals surface area contributed by atoms with E-state index in [-0.39, 0.29) is 44.0 Å². The van der Waals surface area contributed by atoms with Crippen molar-refractivity contribution in [3.63, 3.8) is 0 Å². The molecule has 0 aliphatic rings. The summed E-state index contributed by atoms with van der Waals surface area (Å²) in [6, 6.07) is 0. The molecule has 0 N–H and O–H groups in total. The molecule has 0 aromatic heterocycles. The predicted octanol–water partition coefficient (Wildman–Crippen LogP) is 15.5. The average molecular weight is 809 g/mol. The minimum atomic E-state index is -0.815. The summed E-state index contributed by atoms with van der Waals surface area (Å²) in [6.45, 7) is 6.39. The molecule has 1 unspecified atom stereocenters. The summed E-state index contributed by atoms with van der Waals surface area (Å²) >= 11 is 0. The number of hydrogen-bond acceptors (Lipinski definition) is 6. The average Bonchev–Trinajstić information content (AvgIpc) is 3.22. The Balaban J connectivity index is 4.50. The number of carbonyl (C=O) groups excluding carboxylic acids is 3. The Bertz CT molecular complexity index is 1110. The summed E-state index contributed by atoms with van der Waals surface area (Å²) in [7, 11) is 0. The number of carbonyl (C=O) groups is 3. The first-order chi connectivity index (χ1) is 28.5. The molecule has 0 spiro atoms. The molecule has 6 nitrogen and oxygen atoms in total. The third-order valence-electron chi connectivity index (χ3n) is 10.1. The molecule has 6 heteroatoms. The summed E-state index contributed by atoms with van der Waals surface area (Å²) < 4.78 is 16.6. The molecule has 0 saturated heterocycles. The number of allylic oxidation sites excluding steroid dienone is 12. The minimum absolute atomic E-state index is 0.107. The van der Waals surface area contributed by atoms with Crippen LogP contribution in [0, 0.1) is 0 Å². The highest BCUT2D eigenvalue weighted by Gasteiger charge is 2.19. The van der Waals surface area contributed by atoms with Gasteiger partial charge in [-0.1, -0.05) is 216 Å². The number of unbranched alkanes of at least 4 members (excludes halogenated alkanes) is 22. The van der Waals surface area contributed by atoms with Crippen LogP contribution in [0.3, 0.4) is 0 Å². The van der Waals surface area contributed by atoms with E-state index in [1.165, 1.54) is 109 Å². The van der Waals surface area contributed by atoms with Crippen molar-refractivity contribution in [1.29, 1.82) is 0 Å². The Morgan fingerprint density at radius 3 is 1.31 bits per heavy atom. The van der Waals surface area contributed by atoms with E-state index < -0.39 is 6.10 Å². The third kappa shape index (κ3) is 44.0. The van der Waals surface area contributed by atoms with Gasteiger partial charge in [0.25, 0.3) is 0 Å². The second-order valence-corrected chi connectivity index (χ2v) is 15.7. The Kier molecular flexibility index (Phi) is 44.0. The Labute approximate surface area is 357 Å². The number of ether oxygens (including phenoxy) is 3. The van der Waals surface area contributed by atoms with Crippen LogP contribution in [0.2, 0.25) is 0 Å². The molecule has 0 bridgehead atoms. The standard InChI is InChI=1S/C52H88O6/c1-4-7-10-13-16-19-22-25-28-30-33-36-39-42-45-51(54)57-48-49(58-52(55)46-43-40-37-34-31-27-24-21-18-15-12-9-6-3)47-56-50(53)44-41-38-35-32-29-26-23-20-17-14-11-8-5-2/h9,12,15,18,21,24,26-27,29,31,35,38,49H,4-8,10-11,13-14,16-17,19-20,22-23,25,28,30,32-34,36-37,39-48H2,1-3H3/b12-9+,18-15+,24-21+,29-26+,31-27+,38-35+. The normalized spacial score (nSPS) is 12.7. The summed E-state index contributed by atoms with van der Waals surface area (Å²) in [5.74, 6) is -1.02. The minimum Gasteiger partial charge on any atom is -0.462 e. The lowest BCUT2D eigenvalue weighted by atomic mass is 10.0. The van der Waals surface area contributed by atoms with Gasteiger partial charge in [0.2, 0.25) is 0 Å². The number of esters is 3. The zero-order chi connectivity index (χ0) is 42.3. The zero-order valence-corrected chi connectivity index (χ0v) is 37.8. The fourth-order valence-electron chi connectivity index (χ4n) is 6.45. The smallest absolute Gasteiger partial charge is 0.306 e. The van der Waals surface area contributed by atoms with Crippen LogP contribution in [-0.2, 0) is 28.6 Å². The Morgan fingerprint density at radius 1 is 0.379 bits per heavy atom. The Hall–Kier alpha value is -3.15. The predicted molar refractivity (Wildman–Crippen MR) is 247 cm³/mol. The molecule has 0 radical (unpaired) electrons. The van der Waals surface area contributed by atoms with Crippen molar-refractivity contribution in [3.8, 4) is 0 Å². The molecule has 0 heterocycles. The molecule has 0 aliphatic carbocycles. The molecule has 0 fully saturated rings. The van der Waals surface area contributed by atoms with Crippen molar-refractivity contribution in [1.82, 2.24) is 0 Å². The fraction of sp³-hybridized carbons (Fsp3) is 0.712. The van der Waals surface area contributed by atoms with Crippen LogP contribution in [0.15, 0.2) is 72.9 Å². The molecule has 0 aromatic rings. The lowest BCUT2D eigenvalue weighted by Crippen LogP contribution is -2.30. The van der Waals surface area contributed by atoms with Gasteiger partial charge in [0.15, 0.2) is 6.10 Å². The summed E-state index contributed by atoms with van der Waals surface area (Å²) in [4.78, 5) is 37.8. The van der Waals surface area contributed by atoms with Gasteiger partial charge in [0.1, 0.15) is 13.2 Å². The van der Waals surface area contributed by atoms with Crippen LogP contribution in [0.25, 0.3) is 0 Å². The molecule has 0 saturated carbocycles. The largest absolute Gasteiger partial charge is 0.462 e. The highest BCUT2D eigenvalue weighted by Crippen LogP contribution is 2.14. The summed E-state index contributed by atoms with van der Waals surface area (Å²) in [5, 5.41) is 0. The van der Waals surface area contributed by atoms with Crippen molar-refractivity contribution >= 4 is 17.9 Å². The van der Waals surface area contributed by atoms with Gasteiger partial charge in [-0.3, -0.25) is 14.4 Å². The van der Waals surface area contributed by atoms with E-state index in [1.54, 1.807) is 0 Å². The molecule has 0 rings (SSSR count). The van der Waals surface area contributed by atoms with E-state index >= 15 is 0 Å². The van der Waals surface area contributed by atoms with Gasteiger partial charge in [-0.2, -0.15) is 0 Å². The van der Waals surface area contributed by atoms with Crippen molar-refractivity contribution < 1.29 is 28.6 Å². The molecule has 332 valence electrons. The van der Waals surface area contributed by atoms with Crippen molar-refractivity contribution in [2.45, 2.75) is 226 Å². The SMILES string of the molecule is CC/C=C/C=C/C=C/C=C/CCCCCC(=O)OC(COC(=O)CC/C=C/C/C=C/CCCCCCCC)COC(=O)CCCCCCCCCCCCCCCC. The Morgan fingerprint density at radius 2 is 0.776 bits per heavy atom. The molecule has 0 aliphatic heterocycles. The van der Waals surface area contributed by atoms with Gasteiger partial charge in [0, 0.05) is 19.3 Å². The van der Waals surface area contributed by atoms with E-state index in [1.807, 2.05) is 42.5 Å². The lowest BCUT2D eigenvalue weighted by molar-refractivity contribution is -0.166. The second-order valence-electron chi connectivity index (χ2n) is 15.7. The number of rotatable bonds is 42. The van der Waals surface area contributed by atoms with Gasteiger partial charge in [-0.25, -0.2) is 0 Å². The molecular weight excluding hydrogens is 721 g/mol. The molecule has 0 amide bonds. The van der Waals surface area contributed by atoms with Gasteiger partial charge < -0.3 is 14.2 Å². The molecular formula is C52H88O6. The van der Waals surface area contributed by atoms with Gasteiger partial charge >= 0.3 is 17.9 Å². The van der Waals surface area contributed by atoms with Crippen LogP contribution < -0.4 is 0 Å². The number of hydrogen-bond donors (Lipinski definition) is 0. The highest BCUT2D eigenvalue weighted by atomic mass is 16.6. The van der Waals surface area contributed by atoms with E-state index in [2.05, 4.69) is 51.2 Å². The molecule has 0 aromatic carbocycles. The van der Waals surface area contributed by atoms with Crippen LogP contribution in [0.1, 0.15) is 220 Å². The maximum absolute atomic E-state index is 12.7. The third-order valence-corrected chi connectivity index (χ3v) is 10.1. The maximum atomic E-state index is 12.7. The van der Waals surface area contributed by atoms with Gasteiger partial charge in [0.05, 0.1) is 0 Å². The quantitative estimate of drug-likeness (QED) is 0.0201. The first-order valence-electron chi connectivity index (χ1n) is 24.0. The van der Waals surface area contributed by atoms with E-state index in [9.17, 15) is 14.4 Å². The fourth-order valence-corrected chi connectivity index (χ4v) is 6.45. The molecule has 1 atom stereocenters. The van der Waals surface area contributed by atoms with E-state index in [0.29, 0.717) is 19.3 Å². The first kappa shape index (κ1) is 54.9. The topological polar surface area (TPSA) is 78.9 Å².